The van der Waals surface area contributed by atoms with Gasteiger partial charge in [-0.25, -0.2) is 0 Å². The van der Waals surface area contributed by atoms with Gasteiger partial charge in [0.1, 0.15) is 0 Å². The summed E-state index contributed by atoms with van der Waals surface area (Å²) in [6.45, 7) is 3.60. The van der Waals surface area contributed by atoms with Crippen LogP contribution in [0.3, 0.4) is 0 Å². The number of furan rings is 1. The molecule has 0 unspecified atom stereocenters. The minimum atomic E-state index is 0.902. The molecular weight excluding hydrogens is 112 g/mol. The Kier molecular flexibility index (Phi) is 2.13. The first-order valence-electron chi connectivity index (χ1n) is 2.90. The average Bonchev–Trinajstić information content (AvgIpc) is 2.34. The summed E-state index contributed by atoms with van der Waals surface area (Å²) in [5.41, 5.74) is 1.12. The van der Waals surface area contributed by atoms with Gasteiger partial charge in [0, 0.05) is 0 Å². The van der Waals surface area contributed by atoms with Crippen molar-refractivity contribution >= 4 is 0 Å². The summed E-state index contributed by atoms with van der Waals surface area (Å²) in [5.74, 6) is 0. The topological polar surface area (TPSA) is 13.1 Å². The van der Waals surface area contributed by atoms with E-state index in [1.165, 1.54) is 0 Å². The first-order valence-corrected chi connectivity index (χ1v) is 2.90. The van der Waals surface area contributed by atoms with Gasteiger partial charge in [-0.3, -0.25) is 0 Å². The molecule has 0 saturated heterocycles. The second kappa shape index (κ2) is 3.13. The molecule has 1 rings (SSSR count). The smallest absolute Gasteiger partial charge is 0.0937 e. The van der Waals surface area contributed by atoms with E-state index in [9.17, 15) is 0 Å². The maximum absolute atomic E-state index is 4.85. The zero-order valence-electron chi connectivity index (χ0n) is 5.21. The van der Waals surface area contributed by atoms with E-state index in [0.29, 0.717) is 0 Å². The van der Waals surface area contributed by atoms with Gasteiger partial charge in [-0.2, -0.15) is 0 Å². The van der Waals surface area contributed by atoms with Crippen molar-refractivity contribution in [2.24, 2.45) is 0 Å². The highest BCUT2D eigenvalue weighted by Gasteiger charge is 1.89. The van der Waals surface area contributed by atoms with Gasteiger partial charge in [0.15, 0.2) is 0 Å². The molecule has 0 fully saturated rings. The maximum atomic E-state index is 4.85. The highest BCUT2D eigenvalue weighted by atomic mass is 16.3. The van der Waals surface area contributed by atoms with Gasteiger partial charge in [-0.15, -0.1) is 6.58 Å². The van der Waals surface area contributed by atoms with Crippen LogP contribution in [0.4, 0.5) is 0 Å². The molecule has 0 amide bonds. The Labute approximate surface area is 55.0 Å². The van der Waals surface area contributed by atoms with Gasteiger partial charge in [-0.1, -0.05) is 6.08 Å². The minimum absolute atomic E-state index is 0.902. The van der Waals surface area contributed by atoms with Crippen LogP contribution < -0.4 is 0 Å². The summed E-state index contributed by atoms with van der Waals surface area (Å²) in [7, 11) is 0. The maximum Gasteiger partial charge on any atom is 0.0937 e. The molecule has 0 atom stereocenters. The van der Waals surface area contributed by atoms with Crippen LogP contribution in [0, 0.1) is 6.42 Å². The molecule has 0 spiro atoms. The van der Waals surface area contributed by atoms with E-state index in [2.05, 4.69) is 13.0 Å². The first kappa shape index (κ1) is 6.14. The molecule has 0 aliphatic carbocycles. The number of hydrogen-bond acceptors (Lipinski definition) is 1. The molecule has 0 bridgehead atoms. The lowest BCUT2D eigenvalue weighted by atomic mass is 10.2. The van der Waals surface area contributed by atoms with Crippen molar-refractivity contribution in [1.82, 2.24) is 0 Å². The van der Waals surface area contributed by atoms with Crippen LogP contribution in [0.1, 0.15) is 12.0 Å². The van der Waals surface area contributed by atoms with Crippen molar-refractivity contribution in [2.75, 3.05) is 0 Å². The third kappa shape index (κ3) is 1.76. The highest BCUT2D eigenvalue weighted by Crippen LogP contribution is 2.05. The second-order valence-corrected chi connectivity index (χ2v) is 1.79. The standard InChI is InChI=1S/C8H9O/c1-2-3-4-8-5-6-9-7-8/h2,4-7H,1,3H2. The van der Waals surface area contributed by atoms with Crippen molar-refractivity contribution in [3.63, 3.8) is 0 Å². The second-order valence-electron chi connectivity index (χ2n) is 1.79. The van der Waals surface area contributed by atoms with Crippen molar-refractivity contribution < 1.29 is 4.42 Å². The Balaban J connectivity index is 2.38. The molecule has 0 aliphatic heterocycles. The molecule has 1 nitrogen and oxygen atoms in total. The lowest BCUT2D eigenvalue weighted by Gasteiger charge is -1.85. The zero-order chi connectivity index (χ0) is 6.53. The molecule has 1 aromatic rings. The van der Waals surface area contributed by atoms with Gasteiger partial charge < -0.3 is 4.42 Å². The van der Waals surface area contributed by atoms with Gasteiger partial charge in [-0.05, 0) is 24.5 Å². The van der Waals surface area contributed by atoms with Gasteiger partial charge in [0.25, 0.3) is 0 Å². The zero-order valence-corrected chi connectivity index (χ0v) is 5.21. The summed E-state index contributed by atoms with van der Waals surface area (Å²) in [6.07, 6.45) is 8.18. The highest BCUT2D eigenvalue weighted by molar-refractivity contribution is 5.16. The summed E-state index contributed by atoms with van der Waals surface area (Å²) < 4.78 is 4.85. The predicted octanol–water partition coefficient (Wildman–Crippen LogP) is 2.41. The van der Waals surface area contributed by atoms with Crippen LogP contribution in [-0.2, 0) is 0 Å². The number of hydrogen-bond donors (Lipinski definition) is 0. The Bertz CT molecular complexity index is 163. The summed E-state index contributed by atoms with van der Waals surface area (Å²) >= 11 is 0. The van der Waals surface area contributed by atoms with Crippen LogP contribution >= 0.6 is 0 Å². The molecular formula is C8H9O. The van der Waals surface area contributed by atoms with E-state index in [4.69, 9.17) is 4.42 Å². The number of rotatable bonds is 3. The van der Waals surface area contributed by atoms with Gasteiger partial charge >= 0.3 is 0 Å². The molecule has 9 heavy (non-hydrogen) atoms. The van der Waals surface area contributed by atoms with Gasteiger partial charge in [0.2, 0.25) is 0 Å². The third-order valence-electron chi connectivity index (χ3n) is 1.06. The molecule has 1 radical (unpaired) electrons. The summed E-state index contributed by atoms with van der Waals surface area (Å²) in [4.78, 5) is 0. The van der Waals surface area contributed by atoms with E-state index in [1.54, 1.807) is 12.5 Å². The fraction of sp³-hybridized carbons (Fsp3) is 0.125. The Hall–Kier alpha value is -0.980. The largest absolute Gasteiger partial charge is 0.472 e. The monoisotopic (exact) mass is 121 g/mol. The van der Waals surface area contributed by atoms with Crippen molar-refractivity contribution in [2.45, 2.75) is 6.42 Å². The van der Waals surface area contributed by atoms with Crippen LogP contribution in [-0.4, -0.2) is 0 Å². The lowest BCUT2D eigenvalue weighted by molar-refractivity contribution is 0.565. The molecule has 1 aromatic heterocycles. The van der Waals surface area contributed by atoms with E-state index in [-0.39, 0.29) is 0 Å². The fourth-order valence-electron chi connectivity index (χ4n) is 0.611. The third-order valence-corrected chi connectivity index (χ3v) is 1.06. The van der Waals surface area contributed by atoms with Crippen LogP contribution in [0.15, 0.2) is 35.7 Å². The molecule has 0 saturated carbocycles. The van der Waals surface area contributed by atoms with E-state index >= 15 is 0 Å². The predicted molar refractivity (Wildman–Crippen MR) is 36.9 cm³/mol. The van der Waals surface area contributed by atoms with Crippen molar-refractivity contribution in [3.05, 3.63) is 43.2 Å². The molecule has 1 heterocycles. The van der Waals surface area contributed by atoms with E-state index in [1.807, 2.05) is 12.1 Å². The fourth-order valence-corrected chi connectivity index (χ4v) is 0.611. The van der Waals surface area contributed by atoms with Crippen LogP contribution in [0.25, 0.3) is 0 Å². The molecule has 0 N–H and O–H groups in total. The molecule has 1 heteroatoms. The lowest BCUT2D eigenvalue weighted by Crippen LogP contribution is -1.71. The SMILES string of the molecule is C=CC[CH]c1ccoc1. The Morgan fingerprint density at radius 1 is 1.67 bits per heavy atom. The molecule has 0 aliphatic rings. The van der Waals surface area contributed by atoms with E-state index in [0.717, 1.165) is 12.0 Å². The number of allylic oxidation sites excluding steroid dienone is 1. The van der Waals surface area contributed by atoms with Crippen molar-refractivity contribution in [1.29, 1.82) is 0 Å². The van der Waals surface area contributed by atoms with Gasteiger partial charge in [0.05, 0.1) is 12.5 Å². The Morgan fingerprint density at radius 2 is 2.56 bits per heavy atom. The summed E-state index contributed by atoms with van der Waals surface area (Å²) in [5, 5.41) is 0. The van der Waals surface area contributed by atoms with Crippen LogP contribution in [0.2, 0.25) is 0 Å². The first-order chi connectivity index (χ1) is 4.43. The molecule has 47 valence electrons. The minimum Gasteiger partial charge on any atom is -0.472 e. The normalized spacial score (nSPS) is 9.33. The Morgan fingerprint density at radius 3 is 3.11 bits per heavy atom. The quantitative estimate of drug-likeness (QED) is 0.560. The summed E-state index contributed by atoms with van der Waals surface area (Å²) in [6, 6.07) is 1.92. The van der Waals surface area contributed by atoms with Crippen molar-refractivity contribution in [3.8, 4) is 0 Å². The average molecular weight is 121 g/mol. The molecule has 0 aromatic carbocycles. The van der Waals surface area contributed by atoms with Crippen LogP contribution in [0.5, 0.6) is 0 Å². The van der Waals surface area contributed by atoms with E-state index < -0.39 is 0 Å².